The van der Waals surface area contributed by atoms with Gasteiger partial charge in [-0.2, -0.15) is 13.2 Å². The summed E-state index contributed by atoms with van der Waals surface area (Å²) < 4.78 is 37.9. The Morgan fingerprint density at radius 2 is 1.27 bits per heavy atom. The number of para-hydroxylation sites is 2. The molecule has 2 aromatic rings. The lowest BCUT2D eigenvalue weighted by molar-refractivity contribution is -0.149. The molecule has 1 saturated heterocycles. The number of hydrogen-bond acceptors (Lipinski definition) is 3. The molecule has 3 nitrogen and oxygen atoms in total. The van der Waals surface area contributed by atoms with Crippen molar-refractivity contribution in [3.8, 4) is 0 Å². The van der Waals surface area contributed by atoms with Crippen LogP contribution in [-0.2, 0) is 0 Å². The van der Waals surface area contributed by atoms with Crippen LogP contribution in [0.5, 0.6) is 0 Å². The lowest BCUT2D eigenvalue weighted by atomic mass is 10.1. The molecule has 0 radical (unpaired) electrons. The summed E-state index contributed by atoms with van der Waals surface area (Å²) in [7, 11) is 0. The second-order valence-electron chi connectivity index (χ2n) is 8.36. The van der Waals surface area contributed by atoms with Gasteiger partial charge >= 0.3 is 6.18 Å². The van der Waals surface area contributed by atoms with Crippen molar-refractivity contribution < 1.29 is 13.2 Å². The van der Waals surface area contributed by atoms with E-state index in [9.17, 15) is 13.2 Å². The number of benzene rings is 2. The van der Waals surface area contributed by atoms with E-state index in [0.29, 0.717) is 32.1 Å². The van der Waals surface area contributed by atoms with Crippen LogP contribution in [-0.4, -0.2) is 61.8 Å². The molecule has 2 aliphatic rings. The molecule has 160 valence electrons. The zero-order valence-electron chi connectivity index (χ0n) is 17.3. The zero-order valence-corrected chi connectivity index (χ0v) is 17.3. The molecule has 4 rings (SSSR count). The molecule has 0 aliphatic carbocycles. The predicted molar refractivity (Wildman–Crippen MR) is 117 cm³/mol. The molecule has 2 aromatic carbocycles. The fourth-order valence-electron chi connectivity index (χ4n) is 4.45. The number of piperazine rings is 1. The Balaban J connectivity index is 1.43. The Morgan fingerprint density at radius 1 is 0.767 bits per heavy atom. The average Bonchev–Trinajstić information content (AvgIpc) is 2.86. The van der Waals surface area contributed by atoms with Crippen molar-refractivity contribution in [3.63, 3.8) is 0 Å². The van der Waals surface area contributed by atoms with E-state index in [1.807, 2.05) is 0 Å². The molecule has 0 bridgehead atoms. The molecule has 1 atom stereocenters. The van der Waals surface area contributed by atoms with Gasteiger partial charge in [-0.15, -0.1) is 0 Å². The van der Waals surface area contributed by atoms with Crippen LogP contribution in [0, 0.1) is 5.92 Å². The van der Waals surface area contributed by atoms with E-state index in [1.165, 1.54) is 27.4 Å². The molecule has 6 heteroatoms. The lowest BCUT2D eigenvalue weighted by Gasteiger charge is -2.37. The Hall–Kier alpha value is -2.31. The summed E-state index contributed by atoms with van der Waals surface area (Å²) in [5.41, 5.74) is 4.78. The highest BCUT2D eigenvalue weighted by molar-refractivity contribution is 5.88. The third kappa shape index (κ3) is 5.05. The zero-order chi connectivity index (χ0) is 21.1. The number of fused-ring (bicyclic) bond motifs is 2. The molecule has 2 aliphatic heterocycles. The highest BCUT2D eigenvalue weighted by Crippen LogP contribution is 2.36. The van der Waals surface area contributed by atoms with Crippen LogP contribution < -0.4 is 4.90 Å². The fourth-order valence-corrected chi connectivity index (χ4v) is 4.45. The van der Waals surface area contributed by atoms with Gasteiger partial charge in [-0.1, -0.05) is 55.5 Å². The first-order valence-corrected chi connectivity index (χ1v) is 10.5. The first-order chi connectivity index (χ1) is 14.4. The highest BCUT2D eigenvalue weighted by Gasteiger charge is 2.32. The van der Waals surface area contributed by atoms with Gasteiger partial charge in [-0.05, 0) is 29.2 Å². The minimum absolute atomic E-state index is 0.373. The SMILES string of the molecule is CC(CN1CCN(CC(F)(F)F)CC1)CN1c2ccccc2C=Cc2ccccc21. The van der Waals surface area contributed by atoms with E-state index in [-0.39, 0.29) is 0 Å². The maximum Gasteiger partial charge on any atom is 0.401 e. The Bertz CT molecular complexity index is 836. The average molecular weight is 416 g/mol. The highest BCUT2D eigenvalue weighted by atomic mass is 19.4. The van der Waals surface area contributed by atoms with Crippen molar-refractivity contribution in [2.24, 2.45) is 5.92 Å². The molecule has 2 heterocycles. The van der Waals surface area contributed by atoms with Gasteiger partial charge in [0, 0.05) is 50.6 Å². The molecule has 1 unspecified atom stereocenters. The van der Waals surface area contributed by atoms with Crippen LogP contribution in [0.3, 0.4) is 0 Å². The van der Waals surface area contributed by atoms with Crippen molar-refractivity contribution in [2.45, 2.75) is 13.1 Å². The third-order valence-electron chi connectivity index (χ3n) is 5.83. The number of rotatable bonds is 5. The van der Waals surface area contributed by atoms with Crippen LogP contribution in [0.2, 0.25) is 0 Å². The molecular weight excluding hydrogens is 387 g/mol. The maximum atomic E-state index is 12.6. The van der Waals surface area contributed by atoms with E-state index < -0.39 is 12.7 Å². The number of halogens is 3. The van der Waals surface area contributed by atoms with E-state index in [2.05, 4.69) is 77.4 Å². The predicted octanol–water partition coefficient (Wildman–Crippen LogP) is 5.12. The summed E-state index contributed by atoms with van der Waals surface area (Å²) in [6, 6.07) is 16.8. The van der Waals surface area contributed by atoms with Crippen molar-refractivity contribution in [3.05, 3.63) is 59.7 Å². The summed E-state index contributed by atoms with van der Waals surface area (Å²) in [6.45, 7) is 5.50. The summed E-state index contributed by atoms with van der Waals surface area (Å²) in [4.78, 5) is 6.19. The largest absolute Gasteiger partial charge is 0.401 e. The maximum absolute atomic E-state index is 12.6. The standard InChI is InChI=1S/C24H28F3N3/c1-19(16-28-12-14-29(15-13-28)18-24(25,26)27)17-30-22-8-4-2-6-20(22)10-11-21-7-3-5-9-23(21)30/h2-11,19H,12-18H2,1H3. The van der Waals surface area contributed by atoms with E-state index in [1.54, 1.807) is 0 Å². The third-order valence-corrected chi connectivity index (χ3v) is 5.83. The fraction of sp³-hybridized carbons (Fsp3) is 0.417. The number of alkyl halides is 3. The van der Waals surface area contributed by atoms with Crippen molar-refractivity contribution >= 4 is 23.5 Å². The van der Waals surface area contributed by atoms with Gasteiger partial charge < -0.3 is 9.80 Å². The van der Waals surface area contributed by atoms with Gasteiger partial charge in [0.25, 0.3) is 0 Å². The minimum Gasteiger partial charge on any atom is -0.340 e. The molecule has 0 amide bonds. The first kappa shape index (κ1) is 20.9. The van der Waals surface area contributed by atoms with Crippen molar-refractivity contribution in [1.29, 1.82) is 0 Å². The van der Waals surface area contributed by atoms with E-state index >= 15 is 0 Å². The monoisotopic (exact) mass is 415 g/mol. The minimum atomic E-state index is -4.11. The molecule has 0 spiro atoms. The first-order valence-electron chi connectivity index (χ1n) is 10.5. The summed E-state index contributed by atoms with van der Waals surface area (Å²) in [5.74, 6) is 0.373. The van der Waals surface area contributed by atoms with Gasteiger partial charge in [0.05, 0.1) is 6.54 Å². The van der Waals surface area contributed by atoms with Crippen molar-refractivity contribution in [1.82, 2.24) is 9.80 Å². The Kier molecular flexibility index (Phi) is 6.16. The van der Waals surface area contributed by atoms with Crippen LogP contribution in [0.15, 0.2) is 48.5 Å². The Labute approximate surface area is 176 Å². The second kappa shape index (κ2) is 8.82. The Morgan fingerprint density at radius 3 is 1.80 bits per heavy atom. The molecule has 0 aromatic heterocycles. The van der Waals surface area contributed by atoms with E-state index in [0.717, 1.165) is 13.1 Å². The van der Waals surface area contributed by atoms with Gasteiger partial charge in [0.2, 0.25) is 0 Å². The second-order valence-corrected chi connectivity index (χ2v) is 8.36. The lowest BCUT2D eigenvalue weighted by Crippen LogP contribution is -2.50. The summed E-state index contributed by atoms with van der Waals surface area (Å²) in [6.07, 6.45) is 0.217. The molecule has 0 saturated carbocycles. The van der Waals surface area contributed by atoms with Gasteiger partial charge in [-0.25, -0.2) is 0 Å². The smallest absolute Gasteiger partial charge is 0.340 e. The molecular formula is C24H28F3N3. The quantitative estimate of drug-likeness (QED) is 0.671. The van der Waals surface area contributed by atoms with Gasteiger partial charge in [-0.3, -0.25) is 4.90 Å². The normalized spacial score (nSPS) is 18.6. The van der Waals surface area contributed by atoms with Crippen LogP contribution in [0.1, 0.15) is 18.1 Å². The van der Waals surface area contributed by atoms with Gasteiger partial charge in [0.1, 0.15) is 0 Å². The molecule has 30 heavy (non-hydrogen) atoms. The summed E-state index contributed by atoms with van der Waals surface area (Å²) in [5, 5.41) is 0. The van der Waals surface area contributed by atoms with Crippen molar-refractivity contribution in [2.75, 3.05) is 50.7 Å². The number of hydrogen-bond donors (Lipinski definition) is 0. The van der Waals surface area contributed by atoms with Crippen LogP contribution >= 0.6 is 0 Å². The number of nitrogens with zero attached hydrogens (tertiary/aromatic N) is 3. The van der Waals surface area contributed by atoms with Crippen LogP contribution in [0.4, 0.5) is 24.5 Å². The topological polar surface area (TPSA) is 9.72 Å². The summed E-state index contributed by atoms with van der Waals surface area (Å²) >= 11 is 0. The van der Waals surface area contributed by atoms with Gasteiger partial charge in [0.15, 0.2) is 0 Å². The van der Waals surface area contributed by atoms with E-state index in [4.69, 9.17) is 0 Å². The van der Waals surface area contributed by atoms with Crippen LogP contribution in [0.25, 0.3) is 12.2 Å². The molecule has 1 fully saturated rings. The molecule has 0 N–H and O–H groups in total. The number of anilines is 2.